The van der Waals surface area contributed by atoms with Crippen molar-refractivity contribution < 1.29 is 4.79 Å². The van der Waals surface area contributed by atoms with E-state index in [4.69, 9.17) is 5.73 Å². The van der Waals surface area contributed by atoms with Crippen LogP contribution in [0, 0.1) is 6.92 Å². The number of carbonyl (C=O) groups is 1. The number of aromatic nitrogens is 2. The van der Waals surface area contributed by atoms with Crippen molar-refractivity contribution in [2.24, 2.45) is 5.73 Å². The van der Waals surface area contributed by atoms with Gasteiger partial charge in [0.2, 0.25) is 5.91 Å². The van der Waals surface area contributed by atoms with Gasteiger partial charge in [0.05, 0.1) is 18.1 Å². The van der Waals surface area contributed by atoms with Crippen LogP contribution in [0.1, 0.15) is 26.1 Å². The molecule has 0 spiro atoms. The third kappa shape index (κ3) is 4.51. The Labute approximate surface area is 89.1 Å². The van der Waals surface area contributed by atoms with Gasteiger partial charge in [-0.15, -0.1) is 0 Å². The van der Waals surface area contributed by atoms with Crippen LogP contribution in [-0.4, -0.2) is 21.4 Å². The third-order valence-electron chi connectivity index (χ3n) is 1.68. The quantitative estimate of drug-likeness (QED) is 0.771. The second-order valence-corrected chi connectivity index (χ2v) is 4.23. The van der Waals surface area contributed by atoms with E-state index in [2.05, 4.69) is 15.3 Å². The minimum Gasteiger partial charge on any atom is -0.325 e. The Balaban J connectivity index is 2.55. The largest absolute Gasteiger partial charge is 0.325 e. The first kappa shape index (κ1) is 11.6. The lowest BCUT2D eigenvalue weighted by molar-refractivity contribution is -0.117. The molecular weight excluding hydrogens is 192 g/mol. The van der Waals surface area contributed by atoms with Gasteiger partial charge in [-0.05, 0) is 20.8 Å². The van der Waals surface area contributed by atoms with E-state index in [1.54, 1.807) is 33.2 Å². The molecule has 0 aliphatic carbocycles. The number of rotatable bonds is 3. The first-order chi connectivity index (χ1) is 6.87. The van der Waals surface area contributed by atoms with Crippen LogP contribution in [0.3, 0.4) is 0 Å². The van der Waals surface area contributed by atoms with Crippen LogP contribution in [0.25, 0.3) is 0 Å². The lowest BCUT2D eigenvalue weighted by Gasteiger charge is -2.17. The number of amides is 1. The number of nitrogens with two attached hydrogens (primary N) is 1. The van der Waals surface area contributed by atoms with Crippen LogP contribution >= 0.6 is 0 Å². The molecule has 3 N–H and O–H groups in total. The zero-order chi connectivity index (χ0) is 11.5. The van der Waals surface area contributed by atoms with Crippen LogP contribution in [0.5, 0.6) is 0 Å². The van der Waals surface area contributed by atoms with E-state index in [1.165, 1.54) is 0 Å². The Morgan fingerprint density at radius 2 is 2.00 bits per heavy atom. The topological polar surface area (TPSA) is 80.9 Å². The van der Waals surface area contributed by atoms with E-state index in [0.29, 0.717) is 11.5 Å². The molecule has 1 aromatic rings. The molecule has 1 rings (SSSR count). The maximum atomic E-state index is 11.5. The fraction of sp³-hybridized carbons (Fsp3) is 0.500. The molecule has 0 aliphatic rings. The molecule has 0 radical (unpaired) electrons. The smallest absolute Gasteiger partial charge is 0.226 e. The molecule has 0 aliphatic heterocycles. The van der Waals surface area contributed by atoms with Crippen LogP contribution in [0.4, 0.5) is 5.69 Å². The summed E-state index contributed by atoms with van der Waals surface area (Å²) >= 11 is 0. The Kier molecular flexibility index (Phi) is 3.36. The maximum Gasteiger partial charge on any atom is 0.226 e. The molecule has 0 atom stereocenters. The van der Waals surface area contributed by atoms with Gasteiger partial charge in [-0.3, -0.25) is 4.79 Å². The first-order valence-corrected chi connectivity index (χ1v) is 4.74. The number of hydrogen-bond donors (Lipinski definition) is 2. The molecule has 1 amide bonds. The zero-order valence-corrected chi connectivity index (χ0v) is 9.24. The first-order valence-electron chi connectivity index (χ1n) is 4.74. The van der Waals surface area contributed by atoms with E-state index in [-0.39, 0.29) is 12.3 Å². The monoisotopic (exact) mass is 208 g/mol. The van der Waals surface area contributed by atoms with Crippen molar-refractivity contribution >= 4 is 11.6 Å². The lowest BCUT2D eigenvalue weighted by Crippen LogP contribution is -2.36. The summed E-state index contributed by atoms with van der Waals surface area (Å²) in [5.41, 5.74) is 5.81. The van der Waals surface area contributed by atoms with Crippen LogP contribution < -0.4 is 11.1 Å². The summed E-state index contributed by atoms with van der Waals surface area (Å²) in [5, 5.41) is 2.68. The SMILES string of the molecule is Cc1ncc(NC(=O)CC(C)(C)N)cn1. The molecule has 5 heteroatoms. The Morgan fingerprint density at radius 3 is 2.47 bits per heavy atom. The van der Waals surface area contributed by atoms with Gasteiger partial charge in [-0.25, -0.2) is 9.97 Å². The van der Waals surface area contributed by atoms with E-state index < -0.39 is 5.54 Å². The van der Waals surface area contributed by atoms with E-state index in [1.807, 2.05) is 0 Å². The zero-order valence-electron chi connectivity index (χ0n) is 9.24. The highest BCUT2D eigenvalue weighted by Crippen LogP contribution is 2.07. The fourth-order valence-corrected chi connectivity index (χ4v) is 1.08. The van der Waals surface area contributed by atoms with Gasteiger partial charge in [0, 0.05) is 12.0 Å². The van der Waals surface area contributed by atoms with Crippen molar-refractivity contribution in [1.82, 2.24) is 9.97 Å². The molecule has 0 saturated heterocycles. The molecule has 82 valence electrons. The second kappa shape index (κ2) is 4.35. The van der Waals surface area contributed by atoms with Crippen molar-refractivity contribution in [3.05, 3.63) is 18.2 Å². The standard InChI is InChI=1S/C10H16N4O/c1-7-12-5-8(6-13-7)14-9(15)4-10(2,3)11/h5-6H,4,11H2,1-3H3,(H,14,15). The number of anilines is 1. The minimum absolute atomic E-state index is 0.130. The summed E-state index contributed by atoms with van der Waals surface area (Å²) < 4.78 is 0. The van der Waals surface area contributed by atoms with Crippen molar-refractivity contribution in [1.29, 1.82) is 0 Å². The molecule has 0 unspecified atom stereocenters. The van der Waals surface area contributed by atoms with Gasteiger partial charge in [-0.2, -0.15) is 0 Å². The van der Waals surface area contributed by atoms with Crippen LogP contribution in [-0.2, 0) is 4.79 Å². The van der Waals surface area contributed by atoms with E-state index in [0.717, 1.165) is 0 Å². The van der Waals surface area contributed by atoms with Gasteiger partial charge in [-0.1, -0.05) is 0 Å². The molecule has 0 bridgehead atoms. The van der Waals surface area contributed by atoms with E-state index in [9.17, 15) is 4.79 Å². The summed E-state index contributed by atoms with van der Waals surface area (Å²) in [6.45, 7) is 5.39. The van der Waals surface area contributed by atoms with Gasteiger partial charge in [0.25, 0.3) is 0 Å². The number of hydrogen-bond acceptors (Lipinski definition) is 4. The number of carbonyl (C=O) groups excluding carboxylic acids is 1. The van der Waals surface area contributed by atoms with Crippen molar-refractivity contribution in [2.75, 3.05) is 5.32 Å². The minimum atomic E-state index is -0.504. The molecule has 15 heavy (non-hydrogen) atoms. The average Bonchev–Trinajstić information content (AvgIpc) is 2.05. The highest BCUT2D eigenvalue weighted by atomic mass is 16.1. The molecular formula is C10H16N4O. The van der Waals surface area contributed by atoms with E-state index >= 15 is 0 Å². The predicted molar refractivity (Wildman–Crippen MR) is 58.3 cm³/mol. The lowest BCUT2D eigenvalue weighted by atomic mass is 10.0. The molecule has 0 aromatic carbocycles. The highest BCUT2D eigenvalue weighted by molar-refractivity contribution is 5.91. The summed E-state index contributed by atoms with van der Waals surface area (Å²) in [4.78, 5) is 19.4. The molecule has 5 nitrogen and oxygen atoms in total. The van der Waals surface area contributed by atoms with Gasteiger partial charge < -0.3 is 11.1 Å². The summed E-state index contributed by atoms with van der Waals surface area (Å²) in [7, 11) is 0. The number of aryl methyl sites for hydroxylation is 1. The highest BCUT2D eigenvalue weighted by Gasteiger charge is 2.16. The van der Waals surface area contributed by atoms with Crippen molar-refractivity contribution in [2.45, 2.75) is 32.7 Å². The Morgan fingerprint density at radius 1 is 1.47 bits per heavy atom. The van der Waals surface area contributed by atoms with Crippen LogP contribution in [0.2, 0.25) is 0 Å². The third-order valence-corrected chi connectivity index (χ3v) is 1.68. The van der Waals surface area contributed by atoms with Crippen molar-refractivity contribution in [3.63, 3.8) is 0 Å². The fourth-order valence-electron chi connectivity index (χ4n) is 1.08. The molecule has 1 heterocycles. The Hall–Kier alpha value is -1.49. The van der Waals surface area contributed by atoms with Crippen molar-refractivity contribution in [3.8, 4) is 0 Å². The molecule has 0 fully saturated rings. The average molecular weight is 208 g/mol. The second-order valence-electron chi connectivity index (χ2n) is 4.23. The summed E-state index contributed by atoms with van der Waals surface area (Å²) in [6.07, 6.45) is 3.41. The van der Waals surface area contributed by atoms with Gasteiger partial charge in [0.15, 0.2) is 0 Å². The predicted octanol–water partition coefficient (Wildman–Crippen LogP) is 0.851. The summed E-state index contributed by atoms with van der Waals surface area (Å²) in [5.74, 6) is 0.544. The number of nitrogens with one attached hydrogen (secondary N) is 1. The Bertz CT molecular complexity index is 339. The van der Waals surface area contributed by atoms with Crippen LogP contribution in [0.15, 0.2) is 12.4 Å². The number of nitrogens with zero attached hydrogens (tertiary/aromatic N) is 2. The normalized spacial score (nSPS) is 11.2. The molecule has 0 saturated carbocycles. The molecule has 1 aromatic heterocycles. The van der Waals surface area contributed by atoms with Gasteiger partial charge in [0.1, 0.15) is 5.82 Å². The van der Waals surface area contributed by atoms with Gasteiger partial charge >= 0.3 is 0 Å². The summed E-state index contributed by atoms with van der Waals surface area (Å²) in [6, 6.07) is 0. The maximum absolute atomic E-state index is 11.5.